The first-order valence-corrected chi connectivity index (χ1v) is 6.09. The van der Waals surface area contributed by atoms with Crippen molar-refractivity contribution in [3.63, 3.8) is 0 Å². The van der Waals surface area contributed by atoms with E-state index in [1.165, 1.54) is 6.42 Å². The van der Waals surface area contributed by atoms with Gasteiger partial charge >= 0.3 is 5.97 Å². The molecule has 2 aliphatic rings. The molecule has 96 valence electrons. The molecule has 0 spiro atoms. The van der Waals surface area contributed by atoms with Crippen LogP contribution >= 0.6 is 0 Å². The normalized spacial score (nSPS) is 29.9. The molecule has 4 N–H and O–H groups in total. The average Bonchev–Trinajstić information content (AvgIpc) is 2.81. The lowest BCUT2D eigenvalue weighted by atomic mass is 10.1. The number of nitrogens with two attached hydrogens (primary N) is 1. The minimum Gasteiger partial charge on any atom is -0.481 e. The monoisotopic (exact) mass is 241 g/mol. The second-order valence-electron chi connectivity index (χ2n) is 4.85. The third kappa shape index (κ3) is 2.76. The lowest BCUT2D eigenvalue weighted by Crippen LogP contribution is -2.49. The van der Waals surface area contributed by atoms with Gasteiger partial charge in [0.1, 0.15) is 0 Å². The Morgan fingerprint density at radius 2 is 2.18 bits per heavy atom. The molecule has 17 heavy (non-hydrogen) atoms. The van der Waals surface area contributed by atoms with Crippen molar-refractivity contribution in [2.75, 3.05) is 13.1 Å². The lowest BCUT2D eigenvalue weighted by molar-refractivity contribution is -0.139. The summed E-state index contributed by atoms with van der Waals surface area (Å²) in [5, 5.41) is 11.5. The number of carbonyl (C=O) groups is 2. The van der Waals surface area contributed by atoms with Gasteiger partial charge in [0.15, 0.2) is 0 Å². The summed E-state index contributed by atoms with van der Waals surface area (Å²) in [6.45, 7) is 2.13. The summed E-state index contributed by atoms with van der Waals surface area (Å²) in [6.07, 6.45) is 2.92. The minimum absolute atomic E-state index is 0.143. The number of nitrogens with zero attached hydrogens (tertiary/aromatic N) is 1. The third-order valence-electron chi connectivity index (χ3n) is 3.66. The number of carbonyl (C=O) groups excluding carboxylic acids is 1. The Balaban J connectivity index is 1.84. The molecule has 2 rings (SSSR count). The van der Waals surface area contributed by atoms with Crippen LogP contribution < -0.4 is 11.1 Å². The first kappa shape index (κ1) is 12.3. The van der Waals surface area contributed by atoms with Crippen LogP contribution in [0.2, 0.25) is 0 Å². The SMILES string of the molecule is NC(CC(=O)O)C(=O)NC1CCN2CCCC12. The van der Waals surface area contributed by atoms with E-state index in [9.17, 15) is 9.59 Å². The molecule has 0 aromatic rings. The van der Waals surface area contributed by atoms with Crippen molar-refractivity contribution < 1.29 is 14.7 Å². The Kier molecular flexibility index (Phi) is 3.63. The van der Waals surface area contributed by atoms with Crippen molar-refractivity contribution >= 4 is 11.9 Å². The number of hydrogen-bond donors (Lipinski definition) is 3. The van der Waals surface area contributed by atoms with Gasteiger partial charge < -0.3 is 16.2 Å². The molecule has 6 nitrogen and oxygen atoms in total. The van der Waals surface area contributed by atoms with Crippen LogP contribution in [0.1, 0.15) is 25.7 Å². The van der Waals surface area contributed by atoms with Crippen LogP contribution in [0.5, 0.6) is 0 Å². The van der Waals surface area contributed by atoms with Gasteiger partial charge in [-0.3, -0.25) is 14.5 Å². The van der Waals surface area contributed by atoms with Gasteiger partial charge in [0, 0.05) is 18.6 Å². The van der Waals surface area contributed by atoms with E-state index < -0.39 is 12.0 Å². The van der Waals surface area contributed by atoms with Crippen LogP contribution in [0.25, 0.3) is 0 Å². The second kappa shape index (κ2) is 5.01. The Morgan fingerprint density at radius 3 is 2.88 bits per heavy atom. The number of carboxylic acids is 1. The first-order chi connectivity index (χ1) is 8.08. The predicted octanol–water partition coefficient (Wildman–Crippen LogP) is -0.859. The number of amides is 1. The van der Waals surface area contributed by atoms with Crippen LogP contribution in [0, 0.1) is 0 Å². The number of carboxylic acid groups (broad SMARTS) is 1. The van der Waals surface area contributed by atoms with E-state index in [0.717, 1.165) is 25.9 Å². The van der Waals surface area contributed by atoms with Crippen molar-refractivity contribution in [2.24, 2.45) is 5.73 Å². The zero-order valence-electron chi connectivity index (χ0n) is 9.76. The largest absolute Gasteiger partial charge is 0.481 e. The van der Waals surface area contributed by atoms with E-state index in [4.69, 9.17) is 10.8 Å². The molecule has 1 amide bonds. The molecule has 6 heteroatoms. The third-order valence-corrected chi connectivity index (χ3v) is 3.66. The maximum atomic E-state index is 11.7. The van der Waals surface area contributed by atoms with Crippen molar-refractivity contribution in [1.29, 1.82) is 0 Å². The molecule has 3 unspecified atom stereocenters. The van der Waals surface area contributed by atoms with Crippen molar-refractivity contribution in [2.45, 2.75) is 43.8 Å². The van der Waals surface area contributed by atoms with Gasteiger partial charge in [0.05, 0.1) is 12.5 Å². The molecule has 3 atom stereocenters. The predicted molar refractivity (Wildman–Crippen MR) is 61.4 cm³/mol. The van der Waals surface area contributed by atoms with Gasteiger partial charge in [-0.25, -0.2) is 0 Å². The molecule has 2 fully saturated rings. The Hall–Kier alpha value is -1.14. The number of aliphatic carboxylic acids is 1. The van der Waals surface area contributed by atoms with Gasteiger partial charge in [-0.2, -0.15) is 0 Å². The van der Waals surface area contributed by atoms with E-state index >= 15 is 0 Å². The number of rotatable bonds is 4. The summed E-state index contributed by atoms with van der Waals surface area (Å²) < 4.78 is 0. The highest BCUT2D eigenvalue weighted by atomic mass is 16.4. The number of fused-ring (bicyclic) bond motifs is 1. The molecule has 0 saturated carbocycles. The fourth-order valence-corrected chi connectivity index (χ4v) is 2.82. The quantitative estimate of drug-likeness (QED) is 0.595. The Bertz CT molecular complexity index is 321. The Labute approximate surface area is 100 Å². The zero-order chi connectivity index (χ0) is 12.4. The molecule has 0 radical (unpaired) electrons. The van der Waals surface area contributed by atoms with Crippen molar-refractivity contribution in [1.82, 2.24) is 10.2 Å². The fourth-order valence-electron chi connectivity index (χ4n) is 2.82. The second-order valence-corrected chi connectivity index (χ2v) is 4.85. The van der Waals surface area contributed by atoms with E-state index in [2.05, 4.69) is 10.2 Å². The van der Waals surface area contributed by atoms with Gasteiger partial charge in [-0.15, -0.1) is 0 Å². The zero-order valence-corrected chi connectivity index (χ0v) is 9.76. The fraction of sp³-hybridized carbons (Fsp3) is 0.818. The standard InChI is InChI=1S/C11H19N3O3/c12-7(6-10(15)16)11(17)13-8-3-5-14-4-1-2-9(8)14/h7-9H,1-6,12H2,(H,13,17)(H,15,16). The van der Waals surface area contributed by atoms with E-state index in [1.54, 1.807) is 0 Å². The van der Waals surface area contributed by atoms with E-state index in [-0.39, 0.29) is 18.4 Å². The maximum Gasteiger partial charge on any atom is 0.305 e. The summed E-state index contributed by atoms with van der Waals surface area (Å²) >= 11 is 0. The van der Waals surface area contributed by atoms with Crippen LogP contribution in [0.4, 0.5) is 0 Å². The molecular weight excluding hydrogens is 222 g/mol. The van der Waals surface area contributed by atoms with Gasteiger partial charge in [0.25, 0.3) is 0 Å². The molecule has 2 heterocycles. The highest BCUT2D eigenvalue weighted by Gasteiger charge is 2.38. The van der Waals surface area contributed by atoms with Crippen LogP contribution in [0.3, 0.4) is 0 Å². The summed E-state index contributed by atoms with van der Waals surface area (Å²) in [5.74, 6) is -1.38. The smallest absolute Gasteiger partial charge is 0.305 e. The average molecular weight is 241 g/mol. The highest BCUT2D eigenvalue weighted by molar-refractivity contribution is 5.86. The van der Waals surface area contributed by atoms with E-state index in [0.29, 0.717) is 6.04 Å². The van der Waals surface area contributed by atoms with Crippen molar-refractivity contribution in [3.8, 4) is 0 Å². The van der Waals surface area contributed by atoms with Gasteiger partial charge in [0.2, 0.25) is 5.91 Å². The molecule has 0 bridgehead atoms. The molecule has 0 aliphatic carbocycles. The summed E-state index contributed by atoms with van der Waals surface area (Å²) in [5.41, 5.74) is 5.53. The van der Waals surface area contributed by atoms with Crippen molar-refractivity contribution in [3.05, 3.63) is 0 Å². The maximum absolute atomic E-state index is 11.7. The lowest BCUT2D eigenvalue weighted by Gasteiger charge is -2.22. The van der Waals surface area contributed by atoms with E-state index in [1.807, 2.05) is 0 Å². The van der Waals surface area contributed by atoms with Crippen LogP contribution in [-0.4, -0.2) is 53.1 Å². The minimum atomic E-state index is -1.04. The van der Waals surface area contributed by atoms with Gasteiger partial charge in [-0.05, 0) is 25.8 Å². The number of hydrogen-bond acceptors (Lipinski definition) is 4. The summed E-state index contributed by atoms with van der Waals surface area (Å²) in [7, 11) is 0. The summed E-state index contributed by atoms with van der Waals surface area (Å²) in [4.78, 5) is 24.6. The molecular formula is C11H19N3O3. The molecule has 2 saturated heterocycles. The highest BCUT2D eigenvalue weighted by Crippen LogP contribution is 2.27. The van der Waals surface area contributed by atoms with Crippen LogP contribution in [0.15, 0.2) is 0 Å². The number of nitrogens with one attached hydrogen (secondary N) is 1. The molecule has 0 aromatic carbocycles. The molecule has 2 aliphatic heterocycles. The molecule has 0 aromatic heterocycles. The van der Waals surface area contributed by atoms with Gasteiger partial charge in [-0.1, -0.05) is 0 Å². The first-order valence-electron chi connectivity index (χ1n) is 6.09. The topological polar surface area (TPSA) is 95.7 Å². The van der Waals surface area contributed by atoms with Crippen LogP contribution in [-0.2, 0) is 9.59 Å². The summed E-state index contributed by atoms with van der Waals surface area (Å²) in [6, 6.07) is -0.372. The Morgan fingerprint density at radius 1 is 1.41 bits per heavy atom.